The van der Waals surface area contributed by atoms with Gasteiger partial charge < -0.3 is 14.5 Å². The average molecular weight is 328 g/mol. The second-order valence-corrected chi connectivity index (χ2v) is 6.09. The van der Waals surface area contributed by atoms with Crippen LogP contribution < -0.4 is 5.32 Å². The minimum absolute atomic E-state index is 0.111. The number of furan rings is 1. The molecule has 0 aliphatic heterocycles. The Hall–Kier alpha value is -1.79. The monoisotopic (exact) mass is 327 g/mol. The zero-order valence-electron chi connectivity index (χ0n) is 11.5. The molecule has 2 aromatic heterocycles. The second kappa shape index (κ2) is 6.78. The summed E-state index contributed by atoms with van der Waals surface area (Å²) >= 11 is 7.23. The molecule has 1 unspecified atom stereocenters. The standard InChI is InChI=1S/C14H14ClNO4S/c1-8(11-5-6-12(15)21-11)13(17)16-7-9-3-4-10(20-9)14(18)19-2/h3-6,8H,7H2,1-2H3,(H,16,17). The number of thiophene rings is 1. The summed E-state index contributed by atoms with van der Waals surface area (Å²) in [5.74, 6) is -0.378. The molecule has 0 radical (unpaired) electrons. The molecule has 2 heterocycles. The van der Waals surface area contributed by atoms with E-state index in [9.17, 15) is 9.59 Å². The Morgan fingerprint density at radius 3 is 2.76 bits per heavy atom. The SMILES string of the molecule is COC(=O)c1ccc(CNC(=O)C(C)c2ccc(Cl)s2)o1. The fraction of sp³-hybridized carbons (Fsp3) is 0.286. The van der Waals surface area contributed by atoms with Crippen LogP contribution in [0, 0.1) is 0 Å². The minimum Gasteiger partial charge on any atom is -0.463 e. The van der Waals surface area contributed by atoms with Gasteiger partial charge >= 0.3 is 5.97 Å². The van der Waals surface area contributed by atoms with E-state index in [1.807, 2.05) is 6.07 Å². The summed E-state index contributed by atoms with van der Waals surface area (Å²) < 4.78 is 10.5. The first kappa shape index (κ1) is 15.6. The van der Waals surface area contributed by atoms with Crippen LogP contribution in [0.4, 0.5) is 0 Å². The number of esters is 1. The Labute approximate surface area is 130 Å². The summed E-state index contributed by atoms with van der Waals surface area (Å²) in [7, 11) is 1.28. The quantitative estimate of drug-likeness (QED) is 0.856. The first-order valence-corrected chi connectivity index (χ1v) is 7.40. The van der Waals surface area contributed by atoms with Gasteiger partial charge in [0.1, 0.15) is 5.76 Å². The van der Waals surface area contributed by atoms with E-state index >= 15 is 0 Å². The molecule has 0 bridgehead atoms. The van der Waals surface area contributed by atoms with Gasteiger partial charge in [-0.3, -0.25) is 4.79 Å². The van der Waals surface area contributed by atoms with Gasteiger partial charge in [-0.15, -0.1) is 11.3 Å². The number of carbonyl (C=O) groups is 2. The number of nitrogens with one attached hydrogen (secondary N) is 1. The molecule has 2 rings (SSSR count). The van der Waals surface area contributed by atoms with Crippen molar-refractivity contribution in [1.82, 2.24) is 5.32 Å². The van der Waals surface area contributed by atoms with E-state index in [0.29, 0.717) is 10.1 Å². The highest BCUT2D eigenvalue weighted by atomic mass is 35.5. The predicted molar refractivity (Wildman–Crippen MR) is 79.6 cm³/mol. The largest absolute Gasteiger partial charge is 0.463 e. The van der Waals surface area contributed by atoms with Crippen LogP contribution in [0.3, 0.4) is 0 Å². The lowest BCUT2D eigenvalue weighted by atomic mass is 10.1. The number of carbonyl (C=O) groups excluding carboxylic acids is 2. The van der Waals surface area contributed by atoms with Crippen LogP contribution >= 0.6 is 22.9 Å². The lowest BCUT2D eigenvalue weighted by molar-refractivity contribution is -0.122. The Kier molecular flexibility index (Phi) is 5.03. The minimum atomic E-state index is -0.547. The van der Waals surface area contributed by atoms with E-state index in [2.05, 4.69) is 10.1 Å². The summed E-state index contributed by atoms with van der Waals surface area (Å²) in [5, 5.41) is 2.76. The predicted octanol–water partition coefficient (Wildman–Crippen LogP) is 3.20. The highest BCUT2D eigenvalue weighted by Crippen LogP contribution is 2.28. The summed E-state index contributed by atoms with van der Waals surface area (Å²) in [6.07, 6.45) is 0. The number of rotatable bonds is 5. The summed E-state index contributed by atoms with van der Waals surface area (Å²) in [6.45, 7) is 2.01. The van der Waals surface area contributed by atoms with Gasteiger partial charge in [0.2, 0.25) is 11.7 Å². The zero-order valence-corrected chi connectivity index (χ0v) is 13.1. The molecular formula is C14H14ClNO4S. The molecule has 0 aliphatic rings. The molecule has 0 saturated carbocycles. The normalized spacial score (nSPS) is 12.0. The third-order valence-corrected chi connectivity index (χ3v) is 4.31. The van der Waals surface area contributed by atoms with E-state index in [4.69, 9.17) is 16.0 Å². The van der Waals surface area contributed by atoms with E-state index < -0.39 is 5.97 Å². The Morgan fingerprint density at radius 1 is 1.38 bits per heavy atom. The first-order chi connectivity index (χ1) is 10.0. The topological polar surface area (TPSA) is 68.5 Å². The summed E-state index contributed by atoms with van der Waals surface area (Å²) in [6, 6.07) is 6.73. The number of ether oxygens (including phenoxy) is 1. The van der Waals surface area contributed by atoms with Gasteiger partial charge in [-0.25, -0.2) is 4.79 Å². The number of hydrogen-bond acceptors (Lipinski definition) is 5. The molecule has 0 fully saturated rings. The molecule has 7 heteroatoms. The van der Waals surface area contributed by atoms with Crippen LogP contribution in [0.1, 0.15) is 34.0 Å². The van der Waals surface area contributed by atoms with Crippen LogP contribution in [-0.2, 0) is 16.1 Å². The third-order valence-electron chi connectivity index (χ3n) is 2.90. The van der Waals surface area contributed by atoms with Gasteiger partial charge in [0.05, 0.1) is 23.9 Å². The Balaban J connectivity index is 1.92. The smallest absolute Gasteiger partial charge is 0.373 e. The zero-order chi connectivity index (χ0) is 15.4. The highest BCUT2D eigenvalue weighted by molar-refractivity contribution is 7.16. The molecule has 0 aliphatic carbocycles. The van der Waals surface area contributed by atoms with Crippen LogP contribution in [0.25, 0.3) is 0 Å². The third kappa shape index (κ3) is 3.86. The van der Waals surface area contributed by atoms with Crippen molar-refractivity contribution in [3.8, 4) is 0 Å². The average Bonchev–Trinajstić information content (AvgIpc) is 3.12. The molecule has 1 atom stereocenters. The molecule has 0 aromatic carbocycles. The molecule has 2 aromatic rings. The summed E-state index contributed by atoms with van der Waals surface area (Å²) in [5.41, 5.74) is 0. The van der Waals surface area contributed by atoms with Crippen molar-refractivity contribution in [2.24, 2.45) is 0 Å². The van der Waals surface area contributed by atoms with Crippen LogP contribution in [0.2, 0.25) is 4.34 Å². The molecule has 21 heavy (non-hydrogen) atoms. The fourth-order valence-corrected chi connectivity index (χ4v) is 2.81. The van der Waals surface area contributed by atoms with E-state index in [0.717, 1.165) is 4.88 Å². The van der Waals surface area contributed by atoms with E-state index in [1.54, 1.807) is 19.1 Å². The lowest BCUT2D eigenvalue weighted by Crippen LogP contribution is -2.26. The maximum Gasteiger partial charge on any atom is 0.373 e. The van der Waals surface area contributed by atoms with Crippen LogP contribution in [-0.4, -0.2) is 19.0 Å². The Morgan fingerprint density at radius 2 is 2.14 bits per heavy atom. The van der Waals surface area contributed by atoms with Gasteiger partial charge in [0.15, 0.2) is 0 Å². The van der Waals surface area contributed by atoms with Crippen molar-refractivity contribution in [1.29, 1.82) is 0 Å². The van der Waals surface area contributed by atoms with Crippen molar-refractivity contribution in [2.75, 3.05) is 7.11 Å². The van der Waals surface area contributed by atoms with Gasteiger partial charge in [0, 0.05) is 4.88 Å². The van der Waals surface area contributed by atoms with Crippen molar-refractivity contribution in [3.63, 3.8) is 0 Å². The van der Waals surface area contributed by atoms with Gasteiger partial charge in [-0.05, 0) is 31.2 Å². The van der Waals surface area contributed by atoms with E-state index in [-0.39, 0.29) is 24.1 Å². The van der Waals surface area contributed by atoms with Crippen molar-refractivity contribution in [3.05, 3.63) is 45.0 Å². The van der Waals surface area contributed by atoms with Gasteiger partial charge in [0.25, 0.3) is 0 Å². The molecule has 0 spiro atoms. The maximum atomic E-state index is 12.0. The van der Waals surface area contributed by atoms with Crippen molar-refractivity contribution >= 4 is 34.8 Å². The van der Waals surface area contributed by atoms with Gasteiger partial charge in [-0.2, -0.15) is 0 Å². The highest BCUT2D eigenvalue weighted by Gasteiger charge is 2.18. The number of halogens is 1. The summed E-state index contributed by atoms with van der Waals surface area (Å²) in [4.78, 5) is 24.2. The molecule has 1 amide bonds. The number of hydrogen-bond donors (Lipinski definition) is 1. The molecule has 0 saturated heterocycles. The van der Waals surface area contributed by atoms with Crippen LogP contribution in [0.15, 0.2) is 28.7 Å². The van der Waals surface area contributed by atoms with Crippen LogP contribution in [0.5, 0.6) is 0 Å². The molecule has 1 N–H and O–H groups in total. The number of amides is 1. The lowest BCUT2D eigenvalue weighted by Gasteiger charge is -2.09. The van der Waals surface area contributed by atoms with E-state index in [1.165, 1.54) is 24.5 Å². The molecular weight excluding hydrogens is 314 g/mol. The van der Waals surface area contributed by atoms with Crippen molar-refractivity contribution < 1.29 is 18.7 Å². The fourth-order valence-electron chi connectivity index (χ4n) is 1.70. The van der Waals surface area contributed by atoms with Crippen molar-refractivity contribution in [2.45, 2.75) is 19.4 Å². The number of methoxy groups -OCH3 is 1. The second-order valence-electron chi connectivity index (χ2n) is 4.34. The Bertz CT molecular complexity index is 649. The first-order valence-electron chi connectivity index (χ1n) is 6.21. The maximum absolute atomic E-state index is 12.0. The molecule has 5 nitrogen and oxygen atoms in total. The molecule has 112 valence electrons. The van der Waals surface area contributed by atoms with Gasteiger partial charge in [-0.1, -0.05) is 11.6 Å².